The second kappa shape index (κ2) is 11.1. The number of fused-ring (bicyclic) bond motifs is 1. The van der Waals surface area contributed by atoms with Crippen LogP contribution >= 0.6 is 0 Å². The Morgan fingerprint density at radius 2 is 1.77 bits per heavy atom. The maximum Gasteiger partial charge on any atom is 0.282 e. The van der Waals surface area contributed by atoms with Gasteiger partial charge in [0.1, 0.15) is 17.4 Å². The molecule has 0 saturated carbocycles. The minimum atomic E-state index is -0.864. The van der Waals surface area contributed by atoms with Gasteiger partial charge in [-0.1, -0.05) is 49.4 Å². The molecule has 1 unspecified atom stereocenters. The molecular weight excluding hydrogens is 490 g/mol. The van der Waals surface area contributed by atoms with Crippen molar-refractivity contribution in [3.05, 3.63) is 123 Å². The lowest BCUT2D eigenvalue weighted by Gasteiger charge is -2.15. The summed E-state index contributed by atoms with van der Waals surface area (Å²) < 4.78 is 8.77. The molecule has 0 fully saturated rings. The van der Waals surface area contributed by atoms with E-state index in [2.05, 4.69) is 4.98 Å². The van der Waals surface area contributed by atoms with Crippen molar-refractivity contribution < 1.29 is 14.6 Å². The fourth-order valence-electron chi connectivity index (χ4n) is 5.06. The van der Waals surface area contributed by atoms with E-state index >= 15 is 0 Å². The lowest BCUT2D eigenvalue weighted by atomic mass is 9.96. The Hall–Kier alpha value is -4.49. The number of aliphatic hydroxyl groups is 1. The van der Waals surface area contributed by atoms with Crippen molar-refractivity contribution in [1.82, 2.24) is 14.3 Å². The van der Waals surface area contributed by atoms with Gasteiger partial charge in [0.2, 0.25) is 0 Å². The van der Waals surface area contributed by atoms with Crippen molar-refractivity contribution in [1.29, 1.82) is 0 Å². The van der Waals surface area contributed by atoms with Crippen molar-refractivity contribution in [3.8, 4) is 11.4 Å². The van der Waals surface area contributed by atoms with Gasteiger partial charge in [-0.25, -0.2) is 4.68 Å². The lowest BCUT2D eigenvalue weighted by Crippen LogP contribution is -2.24. The summed E-state index contributed by atoms with van der Waals surface area (Å²) in [4.78, 5) is 31.2. The molecular formula is C32H31N3O4. The number of pyridine rings is 1. The van der Waals surface area contributed by atoms with Crippen molar-refractivity contribution in [3.63, 3.8) is 0 Å². The second-order valence-electron chi connectivity index (χ2n) is 9.56. The smallest absolute Gasteiger partial charge is 0.282 e. The summed E-state index contributed by atoms with van der Waals surface area (Å²) in [7, 11) is 1.60. The zero-order valence-electron chi connectivity index (χ0n) is 22.3. The van der Waals surface area contributed by atoms with Gasteiger partial charge in [0.25, 0.3) is 5.56 Å². The first-order chi connectivity index (χ1) is 18.9. The highest BCUT2D eigenvalue weighted by molar-refractivity contribution is 5.98. The minimum absolute atomic E-state index is 0.0926. The van der Waals surface area contributed by atoms with Crippen molar-refractivity contribution in [2.45, 2.75) is 39.3 Å². The van der Waals surface area contributed by atoms with Gasteiger partial charge in [-0.05, 0) is 60.4 Å². The zero-order chi connectivity index (χ0) is 27.5. The summed E-state index contributed by atoms with van der Waals surface area (Å²) in [6.07, 6.45) is 1.73. The first kappa shape index (κ1) is 26.1. The van der Waals surface area contributed by atoms with E-state index in [0.29, 0.717) is 23.6 Å². The maximum atomic E-state index is 13.4. The summed E-state index contributed by atoms with van der Waals surface area (Å²) in [6.45, 7) is 4.51. The van der Waals surface area contributed by atoms with Crippen molar-refractivity contribution in [2.75, 3.05) is 7.11 Å². The van der Waals surface area contributed by atoms with Crippen LogP contribution in [-0.4, -0.2) is 32.3 Å². The molecule has 39 heavy (non-hydrogen) atoms. The molecule has 0 bridgehead atoms. The van der Waals surface area contributed by atoms with Gasteiger partial charge >= 0.3 is 0 Å². The van der Waals surface area contributed by atoms with Crippen LogP contribution in [-0.2, 0) is 13.0 Å². The van der Waals surface area contributed by atoms with Gasteiger partial charge in [0, 0.05) is 36.3 Å². The van der Waals surface area contributed by atoms with E-state index in [9.17, 15) is 14.7 Å². The van der Waals surface area contributed by atoms with Crippen molar-refractivity contribution >= 4 is 16.7 Å². The molecule has 0 amide bonds. The minimum Gasteiger partial charge on any atom is -0.497 e. The van der Waals surface area contributed by atoms with Gasteiger partial charge < -0.3 is 9.84 Å². The molecule has 0 aliphatic rings. The molecule has 7 heteroatoms. The Morgan fingerprint density at radius 1 is 1.03 bits per heavy atom. The number of benzene rings is 3. The highest BCUT2D eigenvalue weighted by Crippen LogP contribution is 2.30. The number of ether oxygens (including phenoxy) is 1. The molecule has 0 aliphatic heterocycles. The number of carbonyl (C=O) groups is 1. The molecule has 0 aliphatic carbocycles. The number of rotatable bonds is 9. The largest absolute Gasteiger partial charge is 0.497 e. The topological polar surface area (TPSA) is 86.4 Å². The molecule has 7 nitrogen and oxygen atoms in total. The summed E-state index contributed by atoms with van der Waals surface area (Å²) in [6, 6.07) is 24.1. The molecule has 2 aromatic heterocycles. The molecule has 198 valence electrons. The fourth-order valence-corrected chi connectivity index (χ4v) is 5.06. The van der Waals surface area contributed by atoms with E-state index in [1.54, 1.807) is 24.1 Å². The van der Waals surface area contributed by atoms with Crippen LogP contribution in [0.25, 0.3) is 16.6 Å². The van der Waals surface area contributed by atoms with E-state index in [0.717, 1.165) is 34.1 Å². The summed E-state index contributed by atoms with van der Waals surface area (Å²) in [5.74, 6) is 0.478. The number of aromatic nitrogens is 3. The zero-order valence-corrected chi connectivity index (χ0v) is 22.3. The van der Waals surface area contributed by atoms with E-state index in [4.69, 9.17) is 4.74 Å². The predicted octanol–water partition coefficient (Wildman–Crippen LogP) is 5.42. The average molecular weight is 522 g/mol. The first-order valence-corrected chi connectivity index (χ1v) is 13.0. The number of aliphatic hydroxyl groups excluding tert-OH is 1. The average Bonchev–Trinajstić information content (AvgIpc) is 3.21. The van der Waals surface area contributed by atoms with Gasteiger partial charge in [0.15, 0.2) is 5.78 Å². The molecule has 1 atom stereocenters. The van der Waals surface area contributed by atoms with Gasteiger partial charge in [-0.3, -0.25) is 19.3 Å². The Bertz CT molecular complexity index is 1690. The molecule has 3 aromatic carbocycles. The number of methoxy groups -OCH3 is 1. The highest BCUT2D eigenvalue weighted by Gasteiger charge is 2.23. The number of carbonyl (C=O) groups excluding carboxylic acids is 1. The third-order valence-electron chi connectivity index (χ3n) is 7.05. The summed E-state index contributed by atoms with van der Waals surface area (Å²) in [5, 5.41) is 12.0. The molecule has 0 radical (unpaired) electrons. The van der Waals surface area contributed by atoms with Crippen LogP contribution in [0.15, 0.2) is 89.9 Å². The van der Waals surface area contributed by atoms with Gasteiger partial charge in [-0.15, -0.1) is 0 Å². The van der Waals surface area contributed by atoms with Crippen LogP contribution in [0.5, 0.6) is 5.75 Å². The van der Waals surface area contributed by atoms with Crippen LogP contribution in [0.2, 0.25) is 0 Å². The number of ketones is 1. The quantitative estimate of drug-likeness (QED) is 0.262. The number of Topliss-reactive ketones (excluding diaryl/α,β-unsaturated/α-hetero) is 1. The highest BCUT2D eigenvalue weighted by atomic mass is 16.5. The molecule has 0 spiro atoms. The van der Waals surface area contributed by atoms with Crippen LogP contribution in [0, 0.1) is 6.92 Å². The molecule has 1 N–H and O–H groups in total. The number of hydrogen-bond acceptors (Lipinski definition) is 5. The fraction of sp³-hybridized carbons (Fsp3) is 0.219. The number of hydrogen-bond donors (Lipinski definition) is 1. The Morgan fingerprint density at radius 3 is 2.46 bits per heavy atom. The van der Waals surface area contributed by atoms with Crippen LogP contribution in [0.1, 0.15) is 52.2 Å². The van der Waals surface area contributed by atoms with E-state index < -0.39 is 6.10 Å². The number of para-hydroxylation sites is 1. The van der Waals surface area contributed by atoms with E-state index in [-0.39, 0.29) is 23.3 Å². The third-order valence-corrected chi connectivity index (χ3v) is 7.05. The van der Waals surface area contributed by atoms with Crippen LogP contribution < -0.4 is 10.3 Å². The van der Waals surface area contributed by atoms with E-state index in [1.165, 1.54) is 0 Å². The SMILES string of the molecule is CCCn1c(C)c(C(=O)Cc2ccc(C(O)c3ccnc4cc(OC)ccc34)cc2)c(=O)n1-c1ccccc1. The van der Waals surface area contributed by atoms with E-state index in [1.807, 2.05) is 91.3 Å². The first-order valence-electron chi connectivity index (χ1n) is 13.0. The molecule has 0 saturated heterocycles. The molecule has 2 heterocycles. The standard InChI is InChI=1S/C32H31N3O4/c1-4-18-34-21(2)30(32(38)35(34)24-8-6-5-7-9-24)29(36)19-22-10-12-23(13-11-22)31(37)27-16-17-33-28-20-25(39-3)14-15-26(27)28/h5-17,20,31,37H,4,18-19H2,1-3H3. The lowest BCUT2D eigenvalue weighted by molar-refractivity contribution is 0.0991. The molecule has 5 rings (SSSR count). The number of nitrogens with zero attached hydrogens (tertiary/aromatic N) is 3. The summed E-state index contributed by atoms with van der Waals surface area (Å²) >= 11 is 0. The van der Waals surface area contributed by atoms with Crippen LogP contribution in [0.3, 0.4) is 0 Å². The Labute approximate surface area is 226 Å². The predicted molar refractivity (Wildman–Crippen MR) is 152 cm³/mol. The second-order valence-corrected chi connectivity index (χ2v) is 9.56. The third kappa shape index (κ3) is 5.01. The molecule has 5 aromatic rings. The van der Waals surface area contributed by atoms with Gasteiger partial charge in [0.05, 0.1) is 18.3 Å². The normalized spacial score (nSPS) is 12.0. The Kier molecular flexibility index (Phi) is 7.43. The summed E-state index contributed by atoms with van der Waals surface area (Å²) in [5.41, 5.74) is 4.27. The van der Waals surface area contributed by atoms with Crippen molar-refractivity contribution in [2.24, 2.45) is 0 Å². The van der Waals surface area contributed by atoms with Gasteiger partial charge in [-0.2, -0.15) is 0 Å². The maximum absolute atomic E-state index is 13.4. The van der Waals surface area contributed by atoms with Crippen LogP contribution in [0.4, 0.5) is 0 Å². The Balaban J connectivity index is 1.41. The monoisotopic (exact) mass is 521 g/mol.